The molecule has 1 amide bonds. The van der Waals surface area contributed by atoms with Gasteiger partial charge >= 0.3 is 0 Å². The first-order chi connectivity index (χ1) is 7.66. The van der Waals surface area contributed by atoms with Gasteiger partial charge in [0, 0.05) is 11.6 Å². The zero-order valence-electron chi connectivity index (χ0n) is 8.93. The number of fused-ring (bicyclic) bond motifs is 1. The largest absolute Gasteiger partial charge is 0.481 e. The second-order valence-electron chi connectivity index (χ2n) is 3.59. The summed E-state index contributed by atoms with van der Waals surface area (Å²) in [5.74, 6) is 0.0972. The van der Waals surface area contributed by atoms with Gasteiger partial charge in [0.1, 0.15) is 11.3 Å². The first kappa shape index (κ1) is 10.4. The molecule has 4 heteroatoms. The van der Waals surface area contributed by atoms with Gasteiger partial charge < -0.3 is 10.5 Å². The number of aryl methyl sites for hydroxylation is 1. The number of nitrogens with two attached hydrogens (primary N) is 1. The second kappa shape index (κ2) is 4.18. The molecule has 0 aliphatic rings. The van der Waals surface area contributed by atoms with Crippen molar-refractivity contribution in [1.82, 2.24) is 4.98 Å². The molecule has 0 saturated carbocycles. The molecule has 16 heavy (non-hydrogen) atoms. The Morgan fingerprint density at radius 1 is 1.50 bits per heavy atom. The summed E-state index contributed by atoms with van der Waals surface area (Å²) in [6.45, 7) is 1.83. The van der Waals surface area contributed by atoms with Crippen molar-refractivity contribution in [2.75, 3.05) is 6.61 Å². The summed E-state index contributed by atoms with van der Waals surface area (Å²) in [6, 6.07) is 7.67. The third-order valence-electron chi connectivity index (χ3n) is 2.18. The van der Waals surface area contributed by atoms with Crippen LogP contribution in [-0.2, 0) is 4.79 Å². The molecule has 2 rings (SSSR count). The van der Waals surface area contributed by atoms with Crippen LogP contribution >= 0.6 is 0 Å². The van der Waals surface area contributed by atoms with E-state index in [1.807, 2.05) is 31.2 Å². The Hall–Kier alpha value is -2.10. The van der Waals surface area contributed by atoms with Crippen LogP contribution in [0.25, 0.3) is 10.9 Å². The highest BCUT2D eigenvalue weighted by atomic mass is 16.5. The molecular weight excluding hydrogens is 204 g/mol. The summed E-state index contributed by atoms with van der Waals surface area (Å²) < 4.78 is 5.32. The van der Waals surface area contributed by atoms with E-state index in [9.17, 15) is 4.79 Å². The smallest absolute Gasteiger partial charge is 0.255 e. The van der Waals surface area contributed by atoms with Crippen LogP contribution in [0.15, 0.2) is 30.5 Å². The van der Waals surface area contributed by atoms with E-state index >= 15 is 0 Å². The highest BCUT2D eigenvalue weighted by Gasteiger charge is 2.05. The third-order valence-corrected chi connectivity index (χ3v) is 2.18. The summed E-state index contributed by atoms with van der Waals surface area (Å²) in [5.41, 5.74) is 6.84. The number of benzene rings is 1. The number of ether oxygens (including phenoxy) is 1. The zero-order chi connectivity index (χ0) is 11.5. The highest BCUT2D eigenvalue weighted by molar-refractivity contribution is 5.85. The molecule has 0 bridgehead atoms. The number of hydrogen-bond acceptors (Lipinski definition) is 3. The fraction of sp³-hybridized carbons (Fsp3) is 0.167. The minimum atomic E-state index is -0.495. The van der Waals surface area contributed by atoms with Gasteiger partial charge in [0.05, 0.1) is 0 Å². The SMILES string of the molecule is Cc1cc(OCC(N)=O)c2ncccc2c1. The maximum atomic E-state index is 10.7. The van der Waals surface area contributed by atoms with Crippen LogP contribution in [0.2, 0.25) is 0 Å². The topological polar surface area (TPSA) is 65.2 Å². The van der Waals surface area contributed by atoms with Gasteiger partial charge in [-0.3, -0.25) is 9.78 Å². The van der Waals surface area contributed by atoms with Crippen LogP contribution < -0.4 is 10.5 Å². The molecule has 0 unspecified atom stereocenters. The molecule has 2 N–H and O–H groups in total. The maximum Gasteiger partial charge on any atom is 0.255 e. The average Bonchev–Trinajstić information content (AvgIpc) is 2.25. The van der Waals surface area contributed by atoms with Crippen LogP contribution in [-0.4, -0.2) is 17.5 Å². The predicted octanol–water partition coefficient (Wildman–Crippen LogP) is 1.41. The second-order valence-corrected chi connectivity index (χ2v) is 3.59. The van der Waals surface area contributed by atoms with Crippen molar-refractivity contribution < 1.29 is 9.53 Å². The third kappa shape index (κ3) is 2.11. The number of aromatic nitrogens is 1. The van der Waals surface area contributed by atoms with Gasteiger partial charge in [-0.15, -0.1) is 0 Å². The molecule has 0 fully saturated rings. The van der Waals surface area contributed by atoms with Gasteiger partial charge in [0.15, 0.2) is 6.61 Å². The molecule has 0 aliphatic carbocycles. The molecule has 0 radical (unpaired) electrons. The van der Waals surface area contributed by atoms with Crippen molar-refractivity contribution in [2.24, 2.45) is 5.73 Å². The number of primary amides is 1. The lowest BCUT2D eigenvalue weighted by Crippen LogP contribution is -2.20. The van der Waals surface area contributed by atoms with Crippen molar-refractivity contribution in [1.29, 1.82) is 0 Å². The summed E-state index contributed by atoms with van der Waals surface area (Å²) in [6.07, 6.45) is 1.69. The van der Waals surface area contributed by atoms with Crippen molar-refractivity contribution in [3.05, 3.63) is 36.0 Å². The van der Waals surface area contributed by atoms with Crippen LogP contribution in [0.5, 0.6) is 5.75 Å². The van der Waals surface area contributed by atoms with E-state index in [0.29, 0.717) is 5.75 Å². The standard InChI is InChI=1S/C12H12N2O2/c1-8-5-9-3-2-4-14-12(9)10(6-8)16-7-11(13)15/h2-6H,7H2,1H3,(H2,13,15). The summed E-state index contributed by atoms with van der Waals surface area (Å²) in [5, 5.41) is 0.988. The Kier molecular flexibility index (Phi) is 2.72. The molecule has 1 heterocycles. The van der Waals surface area contributed by atoms with Crippen LogP contribution in [0.4, 0.5) is 0 Å². The molecule has 0 aliphatic heterocycles. The molecule has 0 saturated heterocycles. The van der Waals surface area contributed by atoms with Gasteiger partial charge in [-0.1, -0.05) is 6.07 Å². The fourth-order valence-corrected chi connectivity index (χ4v) is 1.56. The molecule has 0 spiro atoms. The quantitative estimate of drug-likeness (QED) is 0.843. The lowest BCUT2D eigenvalue weighted by Gasteiger charge is -2.08. The molecule has 4 nitrogen and oxygen atoms in total. The van der Waals surface area contributed by atoms with E-state index in [0.717, 1.165) is 16.5 Å². The zero-order valence-corrected chi connectivity index (χ0v) is 8.93. The van der Waals surface area contributed by atoms with Crippen molar-refractivity contribution >= 4 is 16.8 Å². The van der Waals surface area contributed by atoms with Crippen LogP contribution in [0.1, 0.15) is 5.56 Å². The van der Waals surface area contributed by atoms with Gasteiger partial charge in [-0.2, -0.15) is 0 Å². The minimum absolute atomic E-state index is 0.130. The molecule has 82 valence electrons. The first-order valence-electron chi connectivity index (χ1n) is 4.93. The normalized spacial score (nSPS) is 10.3. The lowest BCUT2D eigenvalue weighted by atomic mass is 10.1. The molecule has 1 aromatic carbocycles. The Labute approximate surface area is 93.0 Å². The molecule has 0 atom stereocenters. The monoisotopic (exact) mass is 216 g/mol. The van der Waals surface area contributed by atoms with Gasteiger partial charge in [0.25, 0.3) is 5.91 Å². The van der Waals surface area contributed by atoms with Crippen LogP contribution in [0.3, 0.4) is 0 Å². The average molecular weight is 216 g/mol. The lowest BCUT2D eigenvalue weighted by molar-refractivity contribution is -0.119. The molecule has 2 aromatic rings. The van der Waals surface area contributed by atoms with E-state index in [1.54, 1.807) is 6.20 Å². The Bertz CT molecular complexity index is 538. The first-order valence-corrected chi connectivity index (χ1v) is 4.93. The summed E-state index contributed by atoms with van der Waals surface area (Å²) in [4.78, 5) is 14.9. The number of rotatable bonds is 3. The van der Waals surface area contributed by atoms with Gasteiger partial charge in [-0.25, -0.2) is 0 Å². The number of pyridine rings is 1. The van der Waals surface area contributed by atoms with Crippen molar-refractivity contribution in [3.8, 4) is 5.75 Å². The number of hydrogen-bond donors (Lipinski definition) is 1. The fourth-order valence-electron chi connectivity index (χ4n) is 1.56. The van der Waals surface area contributed by atoms with Crippen molar-refractivity contribution in [3.63, 3.8) is 0 Å². The molecule has 1 aromatic heterocycles. The van der Waals surface area contributed by atoms with Gasteiger partial charge in [-0.05, 0) is 30.7 Å². The summed E-state index contributed by atoms with van der Waals surface area (Å²) >= 11 is 0. The Balaban J connectivity index is 2.46. The van der Waals surface area contributed by atoms with E-state index in [1.165, 1.54) is 0 Å². The number of carbonyl (C=O) groups is 1. The van der Waals surface area contributed by atoms with Gasteiger partial charge in [0.2, 0.25) is 0 Å². The van der Waals surface area contributed by atoms with E-state index in [2.05, 4.69) is 4.98 Å². The van der Waals surface area contributed by atoms with E-state index in [4.69, 9.17) is 10.5 Å². The number of carbonyl (C=O) groups excluding carboxylic acids is 1. The van der Waals surface area contributed by atoms with Crippen LogP contribution in [0, 0.1) is 6.92 Å². The number of amides is 1. The summed E-state index contributed by atoms with van der Waals surface area (Å²) in [7, 11) is 0. The molecular formula is C12H12N2O2. The highest BCUT2D eigenvalue weighted by Crippen LogP contribution is 2.25. The Morgan fingerprint density at radius 2 is 2.31 bits per heavy atom. The Morgan fingerprint density at radius 3 is 3.06 bits per heavy atom. The van der Waals surface area contributed by atoms with E-state index in [-0.39, 0.29) is 6.61 Å². The minimum Gasteiger partial charge on any atom is -0.481 e. The maximum absolute atomic E-state index is 10.7. The van der Waals surface area contributed by atoms with E-state index < -0.39 is 5.91 Å². The number of nitrogens with zero attached hydrogens (tertiary/aromatic N) is 1. The predicted molar refractivity (Wildman–Crippen MR) is 61.2 cm³/mol. The van der Waals surface area contributed by atoms with Crippen molar-refractivity contribution in [2.45, 2.75) is 6.92 Å².